The average Bonchev–Trinajstić information content (AvgIpc) is 3.71. The third kappa shape index (κ3) is 5.92. The second-order valence-corrected chi connectivity index (χ2v) is 8.64. The summed E-state index contributed by atoms with van der Waals surface area (Å²) in [7, 11) is 4.80. The van der Waals surface area contributed by atoms with E-state index in [9.17, 15) is 4.79 Å². The van der Waals surface area contributed by atoms with E-state index in [1.165, 1.54) is 12.8 Å². The molecule has 0 radical (unpaired) electrons. The number of nitrogens with zero attached hydrogens (tertiary/aromatic N) is 2. The van der Waals surface area contributed by atoms with Crippen molar-refractivity contribution >= 4 is 17.8 Å². The lowest BCUT2D eigenvalue weighted by atomic mass is 10.0. The Labute approximate surface area is 200 Å². The van der Waals surface area contributed by atoms with Gasteiger partial charge in [0.15, 0.2) is 23.0 Å². The number of hydrogen-bond acceptors (Lipinski definition) is 7. The predicted molar refractivity (Wildman–Crippen MR) is 131 cm³/mol. The Morgan fingerprint density at radius 2 is 1.71 bits per heavy atom. The number of hydrogen-bond donors (Lipinski definition) is 1. The smallest absolute Gasteiger partial charge is 0.248 e. The molecule has 1 unspecified atom stereocenters. The van der Waals surface area contributed by atoms with Gasteiger partial charge in [-0.1, -0.05) is 0 Å². The number of nitrogens with one attached hydrogen (secondary N) is 1. The topological polar surface area (TPSA) is 81.6 Å². The van der Waals surface area contributed by atoms with Crippen molar-refractivity contribution < 1.29 is 23.7 Å². The van der Waals surface area contributed by atoms with Gasteiger partial charge in [0.1, 0.15) is 6.04 Å². The number of anilines is 1. The van der Waals surface area contributed by atoms with Gasteiger partial charge in [0.2, 0.25) is 5.91 Å². The van der Waals surface area contributed by atoms with Gasteiger partial charge in [-0.2, -0.15) is 5.10 Å². The van der Waals surface area contributed by atoms with E-state index in [0.29, 0.717) is 35.5 Å². The molecule has 0 aromatic heterocycles. The lowest BCUT2D eigenvalue weighted by Crippen LogP contribution is -2.44. The largest absolute Gasteiger partial charge is 0.493 e. The second-order valence-electron chi connectivity index (χ2n) is 8.64. The van der Waals surface area contributed by atoms with E-state index in [1.807, 2.05) is 23.2 Å². The molecule has 2 fully saturated rings. The first-order valence-electron chi connectivity index (χ1n) is 11.8. The summed E-state index contributed by atoms with van der Waals surface area (Å²) in [6, 6.07) is 10.8. The summed E-state index contributed by atoms with van der Waals surface area (Å²) in [4.78, 5) is 13.1. The number of amides is 1. The molecular weight excluding hydrogens is 434 g/mol. The second kappa shape index (κ2) is 11.1. The van der Waals surface area contributed by atoms with Crippen LogP contribution in [0.3, 0.4) is 0 Å². The molecule has 2 aromatic rings. The molecule has 1 saturated heterocycles. The number of carbonyl (C=O) groups is 1. The van der Waals surface area contributed by atoms with E-state index in [1.54, 1.807) is 45.7 Å². The van der Waals surface area contributed by atoms with E-state index in [0.717, 1.165) is 37.1 Å². The third-order valence-electron chi connectivity index (χ3n) is 6.14. The Morgan fingerprint density at radius 3 is 2.44 bits per heavy atom. The minimum absolute atomic E-state index is 0.0905. The standard InChI is InChI=1S/C26H33N3O5/c1-31-22-12-10-20(15-24(22)33-3)28-26(30)21-6-4-5-13-29(21)27-16-19-9-11-23(32-2)25(14-19)34-17-18-7-8-18/h9-12,14-16,18,21H,4-8,13,17H2,1-3H3,(H,28,30)/b27-16+. The van der Waals surface area contributed by atoms with Crippen molar-refractivity contribution in [3.8, 4) is 23.0 Å². The van der Waals surface area contributed by atoms with Crippen LogP contribution >= 0.6 is 0 Å². The monoisotopic (exact) mass is 467 g/mol. The maximum atomic E-state index is 13.1. The van der Waals surface area contributed by atoms with Crippen LogP contribution in [-0.2, 0) is 4.79 Å². The van der Waals surface area contributed by atoms with Crippen LogP contribution in [0, 0.1) is 5.92 Å². The maximum absolute atomic E-state index is 13.1. The van der Waals surface area contributed by atoms with Gasteiger partial charge < -0.3 is 24.3 Å². The molecule has 0 bridgehead atoms. The highest BCUT2D eigenvalue weighted by molar-refractivity contribution is 5.95. The highest BCUT2D eigenvalue weighted by Crippen LogP contribution is 2.33. The van der Waals surface area contributed by atoms with Gasteiger partial charge in [-0.3, -0.25) is 9.80 Å². The Balaban J connectivity index is 1.44. The van der Waals surface area contributed by atoms with Crippen LogP contribution in [0.1, 0.15) is 37.7 Å². The molecule has 2 aliphatic rings. The minimum atomic E-state index is -0.345. The molecule has 4 rings (SSSR count). The summed E-state index contributed by atoms with van der Waals surface area (Å²) in [6.45, 7) is 1.43. The van der Waals surface area contributed by atoms with Crippen LogP contribution in [0.2, 0.25) is 0 Å². The Morgan fingerprint density at radius 1 is 0.971 bits per heavy atom. The Kier molecular flexibility index (Phi) is 7.77. The molecule has 8 nitrogen and oxygen atoms in total. The van der Waals surface area contributed by atoms with Crippen LogP contribution in [-0.4, -0.2) is 57.7 Å². The molecule has 8 heteroatoms. The molecule has 1 N–H and O–H groups in total. The Bertz CT molecular complexity index is 1020. The summed E-state index contributed by atoms with van der Waals surface area (Å²) in [5.74, 6) is 3.18. The molecule has 2 aromatic carbocycles. The Hall–Kier alpha value is -3.42. The van der Waals surface area contributed by atoms with Gasteiger partial charge in [0, 0.05) is 18.3 Å². The summed E-state index contributed by atoms with van der Waals surface area (Å²) in [5, 5.41) is 9.54. The van der Waals surface area contributed by atoms with Crippen molar-refractivity contribution in [3.63, 3.8) is 0 Å². The summed E-state index contributed by atoms with van der Waals surface area (Å²) in [6.07, 6.45) is 6.96. The maximum Gasteiger partial charge on any atom is 0.248 e. The number of hydrazone groups is 1. The fourth-order valence-electron chi connectivity index (χ4n) is 3.98. The van der Waals surface area contributed by atoms with Gasteiger partial charge in [-0.05, 0) is 73.9 Å². The molecule has 1 atom stereocenters. The van der Waals surface area contributed by atoms with Crippen LogP contribution in [0.25, 0.3) is 0 Å². The van der Waals surface area contributed by atoms with E-state index in [4.69, 9.17) is 18.9 Å². The summed E-state index contributed by atoms with van der Waals surface area (Å²) >= 11 is 0. The summed E-state index contributed by atoms with van der Waals surface area (Å²) in [5.41, 5.74) is 1.56. The predicted octanol–water partition coefficient (Wildman–Crippen LogP) is 4.33. The van der Waals surface area contributed by atoms with Gasteiger partial charge in [-0.15, -0.1) is 0 Å². The third-order valence-corrected chi connectivity index (χ3v) is 6.14. The molecular formula is C26H33N3O5. The normalized spacial score (nSPS) is 18.0. The highest BCUT2D eigenvalue weighted by Gasteiger charge is 2.28. The van der Waals surface area contributed by atoms with Crippen LogP contribution < -0.4 is 24.3 Å². The quantitative estimate of drug-likeness (QED) is 0.524. The molecule has 1 saturated carbocycles. The lowest BCUT2D eigenvalue weighted by Gasteiger charge is -2.32. The highest BCUT2D eigenvalue weighted by atomic mass is 16.5. The lowest BCUT2D eigenvalue weighted by molar-refractivity contribution is -0.122. The van der Waals surface area contributed by atoms with Crippen LogP contribution in [0.5, 0.6) is 23.0 Å². The van der Waals surface area contributed by atoms with Crippen molar-refractivity contribution in [3.05, 3.63) is 42.0 Å². The number of rotatable bonds is 10. The first kappa shape index (κ1) is 23.7. The summed E-state index contributed by atoms with van der Waals surface area (Å²) < 4.78 is 22.0. The minimum Gasteiger partial charge on any atom is -0.493 e. The van der Waals surface area contributed by atoms with E-state index in [-0.39, 0.29) is 11.9 Å². The molecule has 1 aliphatic heterocycles. The fourth-order valence-corrected chi connectivity index (χ4v) is 3.98. The fraction of sp³-hybridized carbons (Fsp3) is 0.462. The van der Waals surface area contributed by atoms with Crippen molar-refractivity contribution in [1.29, 1.82) is 0 Å². The van der Waals surface area contributed by atoms with Gasteiger partial charge >= 0.3 is 0 Å². The molecule has 34 heavy (non-hydrogen) atoms. The van der Waals surface area contributed by atoms with Gasteiger partial charge in [0.05, 0.1) is 34.2 Å². The first-order chi connectivity index (χ1) is 16.6. The van der Waals surface area contributed by atoms with Crippen molar-refractivity contribution in [2.75, 3.05) is 39.8 Å². The van der Waals surface area contributed by atoms with Crippen LogP contribution in [0.15, 0.2) is 41.5 Å². The molecule has 1 heterocycles. The average molecular weight is 468 g/mol. The van der Waals surface area contributed by atoms with Crippen molar-refractivity contribution in [2.45, 2.75) is 38.1 Å². The number of methoxy groups -OCH3 is 3. The molecule has 1 aliphatic carbocycles. The van der Waals surface area contributed by atoms with E-state index >= 15 is 0 Å². The number of carbonyl (C=O) groups excluding carboxylic acids is 1. The zero-order valence-electron chi connectivity index (χ0n) is 20.1. The number of piperidine rings is 1. The molecule has 182 valence electrons. The van der Waals surface area contributed by atoms with Gasteiger partial charge in [-0.25, -0.2) is 0 Å². The number of benzene rings is 2. The van der Waals surface area contributed by atoms with Crippen molar-refractivity contribution in [1.82, 2.24) is 5.01 Å². The van der Waals surface area contributed by atoms with Crippen LogP contribution in [0.4, 0.5) is 5.69 Å². The SMILES string of the molecule is COc1ccc(NC(=O)C2CCCCN2/N=C/c2ccc(OC)c(OCC3CC3)c2)cc1OC. The zero-order valence-corrected chi connectivity index (χ0v) is 20.1. The molecule has 0 spiro atoms. The van der Waals surface area contributed by atoms with E-state index in [2.05, 4.69) is 10.4 Å². The zero-order chi connectivity index (χ0) is 23.9. The van der Waals surface area contributed by atoms with E-state index < -0.39 is 0 Å². The molecule has 1 amide bonds. The first-order valence-corrected chi connectivity index (χ1v) is 11.8. The van der Waals surface area contributed by atoms with Gasteiger partial charge in [0.25, 0.3) is 0 Å². The number of ether oxygens (including phenoxy) is 4. The van der Waals surface area contributed by atoms with Crippen molar-refractivity contribution in [2.24, 2.45) is 11.0 Å².